The van der Waals surface area contributed by atoms with Crippen molar-refractivity contribution in [2.45, 2.75) is 31.7 Å². The van der Waals surface area contributed by atoms with Crippen molar-refractivity contribution in [2.75, 3.05) is 11.2 Å². The number of benzene rings is 3. The van der Waals surface area contributed by atoms with E-state index < -0.39 is 6.04 Å². The van der Waals surface area contributed by atoms with Crippen LogP contribution in [0.4, 0.5) is 10.5 Å². The fourth-order valence-corrected chi connectivity index (χ4v) is 4.70. The smallest absolute Gasteiger partial charge is 0.326 e. The monoisotopic (exact) mass is 482 g/mol. The summed E-state index contributed by atoms with van der Waals surface area (Å²) >= 11 is 1.63. The van der Waals surface area contributed by atoms with Crippen LogP contribution in [0, 0.1) is 13.8 Å². The van der Waals surface area contributed by atoms with Crippen LogP contribution < -0.4 is 10.2 Å². The minimum absolute atomic E-state index is 0.201. The van der Waals surface area contributed by atoms with Gasteiger partial charge in [-0.15, -0.1) is 11.8 Å². The van der Waals surface area contributed by atoms with Crippen LogP contribution in [0.5, 0.6) is 0 Å². The maximum atomic E-state index is 13.4. The highest BCUT2D eigenvalue weighted by atomic mass is 32.2. The molecule has 0 saturated carbocycles. The van der Waals surface area contributed by atoms with Crippen molar-refractivity contribution in [3.63, 3.8) is 0 Å². The normalized spacial score (nSPS) is 15.9. The Morgan fingerprint density at radius 1 is 0.943 bits per heavy atom. The van der Waals surface area contributed by atoms with Crippen LogP contribution in [0.1, 0.15) is 35.5 Å². The molecule has 6 nitrogen and oxygen atoms in total. The first-order valence-corrected chi connectivity index (χ1v) is 12.6. The Hall–Kier alpha value is -3.84. The summed E-state index contributed by atoms with van der Waals surface area (Å²) in [6.07, 6.45) is 2.02. The molecular formula is C28H26N4O2S. The van der Waals surface area contributed by atoms with E-state index in [1.54, 1.807) is 16.7 Å². The summed E-state index contributed by atoms with van der Waals surface area (Å²) in [6.45, 7) is 6.01. The van der Waals surface area contributed by atoms with Gasteiger partial charge in [0.25, 0.3) is 5.89 Å². The molecule has 2 heterocycles. The van der Waals surface area contributed by atoms with E-state index in [-0.39, 0.29) is 6.03 Å². The van der Waals surface area contributed by atoms with E-state index in [9.17, 15) is 4.79 Å². The lowest BCUT2D eigenvalue weighted by molar-refractivity contribution is 0.244. The van der Waals surface area contributed by atoms with Gasteiger partial charge >= 0.3 is 6.03 Å². The Balaban J connectivity index is 1.65. The van der Waals surface area contributed by atoms with Crippen molar-refractivity contribution >= 4 is 29.1 Å². The molecule has 4 aromatic rings. The summed E-state index contributed by atoms with van der Waals surface area (Å²) < 4.78 is 5.80. The number of nitrogens with zero attached hydrogens (tertiary/aromatic N) is 3. The zero-order chi connectivity index (χ0) is 24.5. The van der Waals surface area contributed by atoms with E-state index in [2.05, 4.69) is 10.5 Å². The molecule has 176 valence electrons. The maximum absolute atomic E-state index is 13.4. The average Bonchev–Trinajstić information content (AvgIpc) is 3.34. The summed E-state index contributed by atoms with van der Waals surface area (Å²) in [5.74, 6) is 0.894. The molecule has 0 aliphatic carbocycles. The van der Waals surface area contributed by atoms with Crippen LogP contribution in [0.3, 0.4) is 0 Å². The molecule has 5 rings (SSSR count). The van der Waals surface area contributed by atoms with Crippen LogP contribution in [-0.2, 0) is 0 Å². The molecule has 0 bridgehead atoms. The molecule has 3 aromatic carbocycles. The highest BCUT2D eigenvalue weighted by Crippen LogP contribution is 2.39. The number of urea groups is 1. The molecule has 0 saturated heterocycles. The van der Waals surface area contributed by atoms with Crippen molar-refractivity contribution < 1.29 is 9.32 Å². The molecule has 1 aromatic heterocycles. The first kappa shape index (κ1) is 22.9. The van der Waals surface area contributed by atoms with Gasteiger partial charge in [0.05, 0.1) is 17.3 Å². The molecule has 7 heteroatoms. The molecule has 1 aliphatic rings. The third kappa shape index (κ3) is 4.47. The summed E-state index contributed by atoms with van der Waals surface area (Å²) in [7, 11) is 0. The average molecular weight is 483 g/mol. The number of hydrogen-bond donors (Lipinski definition) is 1. The zero-order valence-electron chi connectivity index (χ0n) is 20.1. The SMILES string of the molecule is CSc1cccc(N2C(=O)NC(c3ccc(C)cc3)C(c3nc(-c4ccc(C)cc4)no3)=C2C)c1. The molecule has 2 amide bonds. The largest absolute Gasteiger partial charge is 0.334 e. The van der Waals surface area contributed by atoms with Gasteiger partial charge in [0.15, 0.2) is 0 Å². The van der Waals surface area contributed by atoms with Crippen molar-refractivity contribution in [3.8, 4) is 11.4 Å². The minimum Gasteiger partial charge on any atom is -0.334 e. The predicted molar refractivity (Wildman–Crippen MR) is 140 cm³/mol. The van der Waals surface area contributed by atoms with Crippen LogP contribution in [0.25, 0.3) is 17.0 Å². The van der Waals surface area contributed by atoms with Crippen molar-refractivity contribution in [1.29, 1.82) is 0 Å². The van der Waals surface area contributed by atoms with E-state index in [0.29, 0.717) is 11.7 Å². The highest BCUT2D eigenvalue weighted by Gasteiger charge is 2.36. The van der Waals surface area contributed by atoms with Crippen LogP contribution in [0.15, 0.2) is 87.9 Å². The Kier molecular flexibility index (Phi) is 6.17. The fourth-order valence-electron chi connectivity index (χ4n) is 4.24. The predicted octanol–water partition coefficient (Wildman–Crippen LogP) is 6.78. The van der Waals surface area contributed by atoms with E-state index in [4.69, 9.17) is 9.51 Å². The lowest BCUT2D eigenvalue weighted by Gasteiger charge is -2.35. The maximum Gasteiger partial charge on any atom is 0.326 e. The van der Waals surface area contributed by atoms with Gasteiger partial charge in [-0.3, -0.25) is 4.90 Å². The number of aromatic nitrogens is 2. The van der Waals surface area contributed by atoms with Gasteiger partial charge in [0.1, 0.15) is 0 Å². The zero-order valence-corrected chi connectivity index (χ0v) is 20.9. The third-order valence-corrected chi connectivity index (χ3v) is 6.90. The van der Waals surface area contributed by atoms with Crippen LogP contribution in [0.2, 0.25) is 0 Å². The topological polar surface area (TPSA) is 71.3 Å². The minimum atomic E-state index is -0.422. The number of aryl methyl sites for hydroxylation is 2. The number of thioether (sulfide) groups is 1. The molecule has 0 fully saturated rings. The first-order chi connectivity index (χ1) is 16.9. The van der Waals surface area contributed by atoms with Gasteiger partial charge in [0.2, 0.25) is 5.82 Å². The number of hydrogen-bond acceptors (Lipinski definition) is 5. The number of nitrogens with one attached hydrogen (secondary N) is 1. The summed E-state index contributed by atoms with van der Waals surface area (Å²) in [5.41, 5.74) is 6.43. The molecule has 1 atom stereocenters. The van der Waals surface area contributed by atoms with Crippen molar-refractivity contribution in [3.05, 3.63) is 101 Å². The molecule has 1 unspecified atom stereocenters. The van der Waals surface area contributed by atoms with Crippen LogP contribution >= 0.6 is 11.8 Å². The second-order valence-corrected chi connectivity index (χ2v) is 9.50. The van der Waals surface area contributed by atoms with Gasteiger partial charge in [0, 0.05) is 16.2 Å². The van der Waals surface area contributed by atoms with Gasteiger partial charge < -0.3 is 9.84 Å². The standard InChI is InChI=1S/C28H26N4O2S/c1-17-8-12-20(13-9-17)25-24(27-30-26(31-34-27)21-14-10-18(2)11-15-21)19(3)32(28(33)29-25)22-6-5-7-23(16-22)35-4/h5-16,25H,1-4H3,(H,29,33). The van der Waals surface area contributed by atoms with Crippen molar-refractivity contribution in [1.82, 2.24) is 15.5 Å². The summed E-state index contributed by atoms with van der Waals surface area (Å²) in [6, 6.07) is 23.4. The molecule has 35 heavy (non-hydrogen) atoms. The third-order valence-electron chi connectivity index (χ3n) is 6.17. The lowest BCUT2D eigenvalue weighted by Crippen LogP contribution is -2.46. The van der Waals surface area contributed by atoms with E-state index >= 15 is 0 Å². The Morgan fingerprint density at radius 3 is 2.31 bits per heavy atom. The number of allylic oxidation sites excluding steroid dienone is 1. The van der Waals surface area contributed by atoms with E-state index in [1.807, 2.05) is 99.8 Å². The van der Waals surface area contributed by atoms with Gasteiger partial charge in [-0.2, -0.15) is 4.98 Å². The number of amides is 2. The van der Waals surface area contributed by atoms with Gasteiger partial charge in [-0.25, -0.2) is 4.79 Å². The number of rotatable bonds is 5. The van der Waals surface area contributed by atoms with Crippen molar-refractivity contribution in [2.24, 2.45) is 0 Å². The molecule has 1 aliphatic heterocycles. The fraction of sp³-hybridized carbons (Fsp3) is 0.179. The van der Waals surface area contributed by atoms with E-state index in [0.717, 1.165) is 44.1 Å². The second kappa shape index (κ2) is 9.43. The number of anilines is 1. The summed E-state index contributed by atoms with van der Waals surface area (Å²) in [5, 5.41) is 7.43. The quantitative estimate of drug-likeness (QED) is 0.318. The Bertz CT molecular complexity index is 1410. The first-order valence-electron chi connectivity index (χ1n) is 11.4. The lowest BCUT2D eigenvalue weighted by atomic mass is 9.94. The molecular weight excluding hydrogens is 456 g/mol. The Labute approximate surface area is 209 Å². The Morgan fingerprint density at radius 2 is 1.63 bits per heavy atom. The van der Waals surface area contributed by atoms with Gasteiger partial charge in [-0.05, 0) is 50.8 Å². The molecule has 0 radical (unpaired) electrons. The highest BCUT2D eigenvalue weighted by molar-refractivity contribution is 7.98. The number of carbonyl (C=O) groups excluding carboxylic acids is 1. The molecule has 1 N–H and O–H groups in total. The second-order valence-electron chi connectivity index (χ2n) is 8.62. The van der Waals surface area contributed by atoms with Gasteiger partial charge in [-0.1, -0.05) is 70.9 Å². The van der Waals surface area contributed by atoms with Crippen LogP contribution in [-0.4, -0.2) is 22.4 Å². The summed E-state index contributed by atoms with van der Waals surface area (Å²) in [4.78, 5) is 20.9. The molecule has 0 spiro atoms. The number of carbonyl (C=O) groups is 1. The van der Waals surface area contributed by atoms with E-state index in [1.165, 1.54) is 0 Å².